The maximum absolute atomic E-state index is 11.3. The van der Waals surface area contributed by atoms with Crippen LogP contribution in [0.2, 0.25) is 0 Å². The minimum Gasteiger partial charge on any atom is -0.506 e. The number of benzene rings is 2. The van der Waals surface area contributed by atoms with Crippen molar-refractivity contribution in [3.63, 3.8) is 0 Å². The first kappa shape index (κ1) is 22.9. The van der Waals surface area contributed by atoms with Crippen molar-refractivity contribution in [2.45, 2.75) is 11.8 Å². The zero-order valence-electron chi connectivity index (χ0n) is 17.3. The molecule has 0 spiro atoms. The number of hydrogen-bond donors (Lipinski definition) is 2. The first-order valence-electron chi connectivity index (χ1n) is 8.97. The first-order valence-corrected chi connectivity index (χ1v) is 11.3. The van der Waals surface area contributed by atoms with Crippen molar-refractivity contribution in [2.75, 3.05) is 19.0 Å². The van der Waals surface area contributed by atoms with Crippen LogP contribution in [0.4, 0.5) is 27.8 Å². The van der Waals surface area contributed by atoms with Gasteiger partial charge < -0.3 is 10.0 Å². The van der Waals surface area contributed by atoms with Crippen molar-refractivity contribution in [2.24, 2.45) is 25.6 Å². The van der Waals surface area contributed by atoms with Gasteiger partial charge in [0.15, 0.2) is 5.00 Å². The summed E-state index contributed by atoms with van der Waals surface area (Å²) < 4.78 is 26.8. The molecule has 3 rings (SSSR count). The maximum atomic E-state index is 11.3. The molecule has 0 aliphatic carbocycles. The molecule has 1 aromatic heterocycles. The number of sulfonamides is 1. The molecule has 13 heteroatoms. The SMILES string of the molecule is Cc1nsc(/N=N/c2cc(/N=N/c3ccc(S(N)(=O)=O)cc3)c(O)cc2N(C)C)c1C#N. The van der Waals surface area contributed by atoms with Crippen molar-refractivity contribution < 1.29 is 13.5 Å². The number of nitriles is 1. The molecule has 0 bridgehead atoms. The Hall–Kier alpha value is -3.73. The van der Waals surface area contributed by atoms with Crippen LogP contribution in [0.25, 0.3) is 0 Å². The number of aromatic nitrogens is 1. The van der Waals surface area contributed by atoms with Crippen molar-refractivity contribution in [3.05, 3.63) is 47.7 Å². The molecule has 0 aliphatic heterocycles. The molecule has 0 fully saturated rings. The molecule has 11 nitrogen and oxygen atoms in total. The summed E-state index contributed by atoms with van der Waals surface area (Å²) in [6, 6.07) is 10.5. The molecule has 0 saturated carbocycles. The Kier molecular flexibility index (Phi) is 6.58. The topological polar surface area (TPSA) is 170 Å². The standard InChI is InChI=1S/C19H18N8O3S2/c1-11-14(10-20)19(31-26-11)25-23-15-8-16(18(28)9-17(15)27(2)3)24-22-12-4-6-13(7-5-12)32(21,29)30/h4-9,28H,1-3H3,(H2,21,29,30)/b24-22+,25-23+. The van der Waals surface area contributed by atoms with Crippen LogP contribution in [0.1, 0.15) is 11.3 Å². The second kappa shape index (κ2) is 9.18. The largest absolute Gasteiger partial charge is 0.506 e. The molecule has 0 unspecified atom stereocenters. The third-order valence-corrected chi connectivity index (χ3v) is 5.95. The molecule has 3 aromatic rings. The molecule has 0 aliphatic rings. The van der Waals surface area contributed by atoms with E-state index < -0.39 is 10.0 Å². The van der Waals surface area contributed by atoms with Crippen LogP contribution in [0.15, 0.2) is 61.8 Å². The van der Waals surface area contributed by atoms with Gasteiger partial charge in [-0.05, 0) is 48.8 Å². The Morgan fingerprint density at radius 3 is 2.34 bits per heavy atom. The van der Waals surface area contributed by atoms with Gasteiger partial charge in [0.2, 0.25) is 10.0 Å². The monoisotopic (exact) mass is 470 g/mol. The Morgan fingerprint density at radius 2 is 1.75 bits per heavy atom. The molecule has 3 N–H and O–H groups in total. The summed E-state index contributed by atoms with van der Waals surface area (Å²) in [5.41, 5.74) is 2.37. The van der Waals surface area contributed by atoms with E-state index in [2.05, 4.69) is 30.9 Å². The van der Waals surface area contributed by atoms with Gasteiger partial charge in [0.05, 0.1) is 22.0 Å². The van der Waals surface area contributed by atoms with Gasteiger partial charge in [0.25, 0.3) is 0 Å². The zero-order chi connectivity index (χ0) is 23.5. The Labute approximate surface area is 188 Å². The molecule has 164 valence electrons. The summed E-state index contributed by atoms with van der Waals surface area (Å²) in [7, 11) is -0.254. The smallest absolute Gasteiger partial charge is 0.238 e. The van der Waals surface area contributed by atoms with Crippen LogP contribution >= 0.6 is 11.5 Å². The molecular formula is C19H18N8O3S2. The Morgan fingerprint density at radius 1 is 1.09 bits per heavy atom. The number of nitrogens with two attached hydrogens (primary N) is 1. The number of aromatic hydroxyl groups is 1. The van der Waals surface area contributed by atoms with E-state index in [9.17, 15) is 18.8 Å². The van der Waals surface area contributed by atoms with E-state index in [1.165, 1.54) is 36.4 Å². The number of rotatable bonds is 6. The van der Waals surface area contributed by atoms with E-state index in [1.54, 1.807) is 25.9 Å². The third-order valence-electron chi connectivity index (χ3n) is 4.20. The van der Waals surface area contributed by atoms with Crippen LogP contribution in [-0.2, 0) is 10.0 Å². The van der Waals surface area contributed by atoms with E-state index in [-0.39, 0.29) is 16.3 Å². The summed E-state index contributed by atoms with van der Waals surface area (Å²) in [4.78, 5) is 1.69. The third kappa shape index (κ3) is 5.11. The number of phenols is 1. The van der Waals surface area contributed by atoms with Crippen LogP contribution in [0.5, 0.6) is 5.75 Å². The number of aryl methyl sites for hydroxylation is 1. The van der Waals surface area contributed by atoms with Crippen molar-refractivity contribution in [1.82, 2.24) is 4.37 Å². The Balaban J connectivity index is 1.96. The second-order valence-electron chi connectivity index (χ2n) is 6.72. The molecular weight excluding hydrogens is 452 g/mol. The van der Waals surface area contributed by atoms with Crippen LogP contribution < -0.4 is 10.0 Å². The number of phenolic OH excluding ortho intramolecular Hbond substituents is 1. The number of azo groups is 2. The predicted molar refractivity (Wildman–Crippen MR) is 120 cm³/mol. The number of primary sulfonamides is 1. The maximum Gasteiger partial charge on any atom is 0.238 e. The summed E-state index contributed by atoms with van der Waals surface area (Å²) in [6.45, 7) is 1.72. The van der Waals surface area contributed by atoms with Gasteiger partial charge in [-0.3, -0.25) is 0 Å². The highest BCUT2D eigenvalue weighted by Crippen LogP contribution is 2.40. The number of hydrogen-bond acceptors (Lipinski definition) is 11. The van der Waals surface area contributed by atoms with Crippen molar-refractivity contribution >= 4 is 49.3 Å². The molecule has 2 aromatic carbocycles. The van der Waals surface area contributed by atoms with Gasteiger partial charge in [0.1, 0.15) is 28.8 Å². The van der Waals surface area contributed by atoms with Gasteiger partial charge in [-0.2, -0.15) is 14.7 Å². The van der Waals surface area contributed by atoms with Gasteiger partial charge >= 0.3 is 0 Å². The van der Waals surface area contributed by atoms with Gasteiger partial charge in [-0.15, -0.1) is 15.3 Å². The molecule has 32 heavy (non-hydrogen) atoms. The fraction of sp³-hybridized carbons (Fsp3) is 0.158. The highest BCUT2D eigenvalue weighted by Gasteiger charge is 2.13. The molecule has 0 atom stereocenters. The number of anilines is 1. The van der Waals surface area contributed by atoms with E-state index in [4.69, 9.17) is 5.14 Å². The minimum atomic E-state index is -3.81. The number of nitrogens with zero attached hydrogens (tertiary/aromatic N) is 7. The van der Waals surface area contributed by atoms with Crippen LogP contribution in [0.3, 0.4) is 0 Å². The fourth-order valence-corrected chi connectivity index (χ4v) is 3.73. The van der Waals surface area contributed by atoms with Crippen molar-refractivity contribution in [1.29, 1.82) is 5.26 Å². The lowest BCUT2D eigenvalue weighted by Gasteiger charge is -2.15. The lowest BCUT2D eigenvalue weighted by molar-refractivity contribution is 0.476. The highest BCUT2D eigenvalue weighted by atomic mass is 32.2. The first-order chi connectivity index (χ1) is 15.1. The predicted octanol–water partition coefficient (Wildman–Crippen LogP) is 4.57. The summed E-state index contributed by atoms with van der Waals surface area (Å²) >= 11 is 1.06. The van der Waals surface area contributed by atoms with E-state index in [0.717, 1.165) is 11.5 Å². The van der Waals surface area contributed by atoms with E-state index in [1.807, 2.05) is 0 Å². The summed E-state index contributed by atoms with van der Waals surface area (Å²) in [5, 5.41) is 41.5. The minimum absolute atomic E-state index is 0.0487. The molecule has 0 saturated heterocycles. The molecule has 1 heterocycles. The lowest BCUT2D eigenvalue weighted by atomic mass is 10.2. The quantitative estimate of drug-likeness (QED) is 0.500. The van der Waals surface area contributed by atoms with Crippen LogP contribution in [0, 0.1) is 18.3 Å². The Bertz CT molecular complexity index is 1350. The lowest BCUT2D eigenvalue weighted by Crippen LogP contribution is -2.11. The highest BCUT2D eigenvalue weighted by molar-refractivity contribution is 7.89. The summed E-state index contributed by atoms with van der Waals surface area (Å²) in [6.07, 6.45) is 0. The van der Waals surface area contributed by atoms with Crippen LogP contribution in [-0.4, -0.2) is 32.0 Å². The molecule has 0 radical (unpaired) electrons. The zero-order valence-corrected chi connectivity index (χ0v) is 18.9. The average Bonchev–Trinajstić information content (AvgIpc) is 3.10. The normalized spacial score (nSPS) is 11.8. The molecule has 0 amide bonds. The average molecular weight is 471 g/mol. The summed E-state index contributed by atoms with van der Waals surface area (Å²) in [5.74, 6) is -0.135. The van der Waals surface area contributed by atoms with Gasteiger partial charge in [-0.1, -0.05) is 0 Å². The fourth-order valence-electron chi connectivity index (χ4n) is 2.54. The van der Waals surface area contributed by atoms with E-state index >= 15 is 0 Å². The van der Waals surface area contributed by atoms with Gasteiger partial charge in [-0.25, -0.2) is 13.6 Å². The van der Waals surface area contributed by atoms with Gasteiger partial charge in [0, 0.05) is 20.2 Å². The van der Waals surface area contributed by atoms with Crippen molar-refractivity contribution in [3.8, 4) is 11.8 Å². The van der Waals surface area contributed by atoms with E-state index in [0.29, 0.717) is 33.3 Å². The second-order valence-corrected chi connectivity index (χ2v) is 9.04.